The molecule has 0 bridgehead atoms. The summed E-state index contributed by atoms with van der Waals surface area (Å²) < 4.78 is 0. The standard InChI is InChI=1S/2C21H19N3O/c2*1-13-10-16(25)9-8-15(13)7-6-14-11-18-17-4-2-3-5-19(17)24-21(22)20(18)23-12-14/h2*2-5,8-12,25H,6-7H2,1H3,(H2,22,24). The number of anilines is 2. The topological polar surface area (TPSA) is 144 Å². The van der Waals surface area contributed by atoms with Gasteiger partial charge in [0, 0.05) is 33.9 Å². The Labute approximate surface area is 290 Å². The van der Waals surface area contributed by atoms with Crippen molar-refractivity contribution in [3.8, 4) is 11.5 Å². The highest BCUT2D eigenvalue weighted by Gasteiger charge is 2.11. The van der Waals surface area contributed by atoms with Crippen molar-refractivity contribution in [1.29, 1.82) is 0 Å². The summed E-state index contributed by atoms with van der Waals surface area (Å²) in [5.41, 5.74) is 22.4. The van der Waals surface area contributed by atoms with E-state index in [1.165, 1.54) is 11.1 Å². The first-order chi connectivity index (χ1) is 24.2. The normalized spacial score (nSPS) is 11.2. The minimum atomic E-state index is 0.308. The van der Waals surface area contributed by atoms with Gasteiger partial charge in [0.05, 0.1) is 11.0 Å². The molecule has 0 aliphatic heterocycles. The molecular formula is C42H38N6O2. The summed E-state index contributed by atoms with van der Waals surface area (Å²) in [5, 5.41) is 23.3. The monoisotopic (exact) mass is 658 g/mol. The maximum atomic E-state index is 9.54. The van der Waals surface area contributed by atoms with Gasteiger partial charge in [-0.1, -0.05) is 48.5 Å². The van der Waals surface area contributed by atoms with Gasteiger partial charge in [0.25, 0.3) is 0 Å². The summed E-state index contributed by atoms with van der Waals surface area (Å²) in [6, 6.07) is 31.4. The van der Waals surface area contributed by atoms with Crippen molar-refractivity contribution in [2.75, 3.05) is 11.5 Å². The number of nitrogens with two attached hydrogens (primary N) is 2. The Morgan fingerprint density at radius 2 is 0.920 bits per heavy atom. The van der Waals surface area contributed by atoms with Gasteiger partial charge in [-0.05, 0) is 121 Å². The van der Waals surface area contributed by atoms with E-state index < -0.39 is 0 Å². The van der Waals surface area contributed by atoms with Crippen LogP contribution in [0.15, 0.2) is 109 Å². The predicted molar refractivity (Wildman–Crippen MR) is 203 cm³/mol. The van der Waals surface area contributed by atoms with Gasteiger partial charge in [0.1, 0.15) is 22.5 Å². The fraction of sp³-hybridized carbons (Fsp3) is 0.143. The van der Waals surface area contributed by atoms with Crippen molar-refractivity contribution in [1.82, 2.24) is 19.9 Å². The summed E-state index contributed by atoms with van der Waals surface area (Å²) in [4.78, 5) is 18.0. The van der Waals surface area contributed by atoms with E-state index in [-0.39, 0.29) is 0 Å². The molecule has 8 heteroatoms. The molecule has 0 aliphatic rings. The molecule has 8 aromatic rings. The number of aromatic nitrogens is 4. The first-order valence-corrected chi connectivity index (χ1v) is 16.7. The number of phenolic OH excluding ortho intramolecular Hbond substituents is 2. The molecular weight excluding hydrogens is 621 g/mol. The molecule has 8 nitrogen and oxygen atoms in total. The van der Waals surface area contributed by atoms with Crippen LogP contribution in [0.25, 0.3) is 43.6 Å². The Hall–Kier alpha value is -6.28. The highest BCUT2D eigenvalue weighted by atomic mass is 16.3. The first kappa shape index (κ1) is 32.3. The number of rotatable bonds is 6. The number of pyridine rings is 4. The van der Waals surface area contributed by atoms with Crippen molar-refractivity contribution in [3.05, 3.63) is 143 Å². The summed E-state index contributed by atoms with van der Waals surface area (Å²) in [7, 11) is 0. The number of benzene rings is 4. The van der Waals surface area contributed by atoms with Gasteiger partial charge < -0.3 is 21.7 Å². The molecule has 248 valence electrons. The second kappa shape index (κ2) is 13.7. The van der Waals surface area contributed by atoms with E-state index in [9.17, 15) is 10.2 Å². The minimum Gasteiger partial charge on any atom is -0.508 e. The van der Waals surface area contributed by atoms with Crippen LogP contribution < -0.4 is 11.5 Å². The zero-order valence-electron chi connectivity index (χ0n) is 28.1. The lowest BCUT2D eigenvalue weighted by Crippen LogP contribution is -1.98. The lowest BCUT2D eigenvalue weighted by Gasteiger charge is -2.09. The van der Waals surface area contributed by atoms with E-state index in [0.29, 0.717) is 23.1 Å². The zero-order chi connectivity index (χ0) is 34.8. The van der Waals surface area contributed by atoms with Crippen molar-refractivity contribution < 1.29 is 10.2 Å². The van der Waals surface area contributed by atoms with E-state index in [1.54, 1.807) is 24.3 Å². The van der Waals surface area contributed by atoms with E-state index >= 15 is 0 Å². The van der Waals surface area contributed by atoms with Crippen molar-refractivity contribution in [3.63, 3.8) is 0 Å². The maximum Gasteiger partial charge on any atom is 0.150 e. The van der Waals surface area contributed by atoms with E-state index in [1.807, 2.05) is 74.8 Å². The highest BCUT2D eigenvalue weighted by molar-refractivity contribution is 6.09. The summed E-state index contributed by atoms with van der Waals surface area (Å²) in [6.07, 6.45) is 7.32. The molecule has 4 aromatic heterocycles. The van der Waals surface area contributed by atoms with Gasteiger partial charge in [0.15, 0.2) is 11.6 Å². The third-order valence-electron chi connectivity index (χ3n) is 9.26. The number of aromatic hydroxyl groups is 2. The molecule has 0 saturated carbocycles. The Kier molecular flexibility index (Phi) is 8.83. The van der Waals surface area contributed by atoms with E-state index in [4.69, 9.17) is 11.5 Å². The van der Waals surface area contributed by atoms with Crippen molar-refractivity contribution in [2.24, 2.45) is 0 Å². The maximum absolute atomic E-state index is 9.54. The number of nitrogens with zero attached hydrogens (tertiary/aromatic N) is 4. The van der Waals surface area contributed by atoms with E-state index in [2.05, 4.69) is 44.2 Å². The fourth-order valence-electron chi connectivity index (χ4n) is 6.55. The molecule has 0 amide bonds. The second-order valence-electron chi connectivity index (χ2n) is 12.7. The predicted octanol–water partition coefficient (Wildman–Crippen LogP) is 8.33. The van der Waals surface area contributed by atoms with Gasteiger partial charge in [-0.15, -0.1) is 0 Å². The van der Waals surface area contributed by atoms with Crippen molar-refractivity contribution >= 4 is 55.2 Å². The smallest absolute Gasteiger partial charge is 0.150 e. The number of hydrogen-bond donors (Lipinski definition) is 4. The largest absolute Gasteiger partial charge is 0.508 e. The molecule has 0 aliphatic carbocycles. The highest BCUT2D eigenvalue weighted by Crippen LogP contribution is 2.29. The summed E-state index contributed by atoms with van der Waals surface area (Å²) >= 11 is 0. The fourth-order valence-corrected chi connectivity index (χ4v) is 6.55. The van der Waals surface area contributed by atoms with E-state index in [0.717, 1.165) is 91.5 Å². The number of fused-ring (bicyclic) bond motifs is 6. The first-order valence-electron chi connectivity index (χ1n) is 16.7. The van der Waals surface area contributed by atoms with Crippen LogP contribution in [0.2, 0.25) is 0 Å². The second-order valence-corrected chi connectivity index (χ2v) is 12.7. The van der Waals surface area contributed by atoms with Crippen LogP contribution in [0.4, 0.5) is 11.6 Å². The zero-order valence-corrected chi connectivity index (χ0v) is 28.1. The van der Waals surface area contributed by atoms with Crippen LogP contribution in [-0.4, -0.2) is 30.1 Å². The number of nitrogen functional groups attached to an aromatic ring is 2. The quantitative estimate of drug-likeness (QED) is 0.131. The molecule has 8 rings (SSSR count). The van der Waals surface area contributed by atoms with Crippen molar-refractivity contribution in [2.45, 2.75) is 39.5 Å². The lowest BCUT2D eigenvalue weighted by molar-refractivity contribution is 0.474. The van der Waals surface area contributed by atoms with Crippen LogP contribution in [-0.2, 0) is 25.7 Å². The van der Waals surface area contributed by atoms with Crippen LogP contribution in [0.3, 0.4) is 0 Å². The number of aryl methyl sites for hydroxylation is 6. The van der Waals surface area contributed by atoms with Crippen LogP contribution >= 0.6 is 0 Å². The Balaban J connectivity index is 0.000000157. The molecule has 6 N–H and O–H groups in total. The average Bonchev–Trinajstić information content (AvgIpc) is 3.11. The molecule has 0 radical (unpaired) electrons. The van der Waals surface area contributed by atoms with Crippen LogP contribution in [0.1, 0.15) is 33.4 Å². The Bertz CT molecular complexity index is 2350. The molecule has 50 heavy (non-hydrogen) atoms. The van der Waals surface area contributed by atoms with Gasteiger partial charge in [-0.25, -0.2) is 9.97 Å². The molecule has 0 atom stereocenters. The summed E-state index contributed by atoms with van der Waals surface area (Å²) in [5.74, 6) is 1.55. The van der Waals surface area contributed by atoms with Gasteiger partial charge in [0.2, 0.25) is 0 Å². The van der Waals surface area contributed by atoms with Gasteiger partial charge >= 0.3 is 0 Å². The molecule has 4 aromatic carbocycles. The van der Waals surface area contributed by atoms with Gasteiger partial charge in [-0.2, -0.15) is 0 Å². The minimum absolute atomic E-state index is 0.308. The molecule has 0 spiro atoms. The molecule has 0 saturated heterocycles. The Morgan fingerprint density at radius 3 is 1.34 bits per heavy atom. The van der Waals surface area contributed by atoms with Crippen LogP contribution in [0.5, 0.6) is 11.5 Å². The Morgan fingerprint density at radius 1 is 0.500 bits per heavy atom. The molecule has 0 fully saturated rings. The van der Waals surface area contributed by atoms with Gasteiger partial charge in [-0.3, -0.25) is 9.97 Å². The summed E-state index contributed by atoms with van der Waals surface area (Å²) in [6.45, 7) is 4.04. The average molecular weight is 659 g/mol. The SMILES string of the molecule is Cc1cc(O)ccc1CCc1cnc2c(N)nc3ccccc3c2c1.Cc1cc(O)ccc1CCc1cnc2c(N)nc3ccccc3c2c1. The number of phenols is 2. The third-order valence-corrected chi connectivity index (χ3v) is 9.26. The lowest BCUT2D eigenvalue weighted by atomic mass is 10.00. The molecule has 4 heterocycles. The third kappa shape index (κ3) is 6.69. The molecule has 0 unspecified atom stereocenters. The van der Waals surface area contributed by atoms with Crippen LogP contribution in [0, 0.1) is 13.8 Å². The number of hydrogen-bond acceptors (Lipinski definition) is 8. The number of para-hydroxylation sites is 2.